The Morgan fingerprint density at radius 1 is 1.03 bits per heavy atom. The van der Waals surface area contributed by atoms with Gasteiger partial charge in [-0.15, -0.1) is 11.3 Å². The Morgan fingerprint density at radius 3 is 2.24 bits per heavy atom. The second kappa shape index (κ2) is 9.06. The number of carbonyl (C=O) groups is 3. The highest BCUT2D eigenvalue weighted by Gasteiger charge is 2.59. The van der Waals surface area contributed by atoms with Crippen LogP contribution in [-0.2, 0) is 20.2 Å². The summed E-state index contributed by atoms with van der Waals surface area (Å²) < 4.78 is 80.6. The highest BCUT2D eigenvalue weighted by Crippen LogP contribution is 2.29. The number of hydrogen-bond donors (Lipinski definition) is 1. The lowest BCUT2D eigenvalue weighted by atomic mass is 10.1. The normalized spacial score (nSPS) is 18.1. The van der Waals surface area contributed by atoms with Crippen LogP contribution in [0.25, 0.3) is 0 Å². The van der Waals surface area contributed by atoms with E-state index in [4.69, 9.17) is 4.84 Å². The number of hydroxylamine groups is 1. The Morgan fingerprint density at radius 2 is 1.65 bits per heavy atom. The molecule has 1 aliphatic rings. The first-order chi connectivity index (χ1) is 15.7. The first kappa shape index (κ1) is 25.2. The van der Waals surface area contributed by atoms with Crippen molar-refractivity contribution in [2.24, 2.45) is 0 Å². The lowest BCUT2D eigenvalue weighted by Gasteiger charge is -2.16. The summed E-state index contributed by atoms with van der Waals surface area (Å²) in [5.74, 6) is -8.24. The second-order valence-electron chi connectivity index (χ2n) is 6.76. The van der Waals surface area contributed by atoms with Crippen LogP contribution in [0.1, 0.15) is 24.9 Å². The number of ether oxygens (including phenoxy) is 1. The maximum Gasteiger partial charge on any atom is 0.497 e. The van der Waals surface area contributed by atoms with Crippen LogP contribution in [0.5, 0.6) is 0 Å². The molecule has 181 valence electrons. The number of ketones is 1. The molecule has 1 unspecified atom stereocenters. The molecule has 3 rings (SSSR count). The van der Waals surface area contributed by atoms with Crippen LogP contribution < -0.4 is 10.5 Å². The first-order valence-electron chi connectivity index (χ1n) is 9.08. The number of aliphatic imine (C=N–C) groups is 1. The van der Waals surface area contributed by atoms with Gasteiger partial charge in [0.25, 0.3) is 11.7 Å². The van der Waals surface area contributed by atoms with Crippen molar-refractivity contribution in [2.75, 3.05) is 13.6 Å². The van der Waals surface area contributed by atoms with E-state index >= 15 is 0 Å². The van der Waals surface area contributed by atoms with Crippen molar-refractivity contribution in [1.29, 1.82) is 0 Å². The van der Waals surface area contributed by atoms with Crippen LogP contribution in [0, 0.1) is 0 Å². The van der Waals surface area contributed by atoms with E-state index in [0.717, 1.165) is 17.0 Å². The van der Waals surface area contributed by atoms with Crippen LogP contribution in [0.4, 0.5) is 26.3 Å². The predicted octanol–water partition coefficient (Wildman–Crippen LogP) is 2.75. The van der Waals surface area contributed by atoms with Gasteiger partial charge in [0.15, 0.2) is 6.54 Å². The summed E-state index contributed by atoms with van der Waals surface area (Å²) in [6.07, 6.45) is -10.4. The number of thiophene rings is 1. The molecule has 0 aliphatic carbocycles. The maximum absolute atomic E-state index is 12.8. The summed E-state index contributed by atoms with van der Waals surface area (Å²) in [4.78, 5) is 44.3. The van der Waals surface area contributed by atoms with E-state index in [1.54, 1.807) is 6.07 Å². The number of amides is 1. The number of Topliss-reactive ketones (excluding diaryl/α,β-unsaturated/α-hetero) is 1. The van der Waals surface area contributed by atoms with Gasteiger partial charge in [0.1, 0.15) is 4.99 Å². The molecule has 2 aromatic rings. The average Bonchev–Trinajstić information content (AvgIpc) is 3.40. The van der Waals surface area contributed by atoms with E-state index in [0.29, 0.717) is 11.3 Å². The molecular weight excluding hydrogens is 496 g/mol. The van der Waals surface area contributed by atoms with E-state index in [1.165, 1.54) is 31.3 Å². The van der Waals surface area contributed by atoms with Crippen LogP contribution in [0.2, 0.25) is 0 Å². The van der Waals surface area contributed by atoms with Gasteiger partial charge in [0.2, 0.25) is 0 Å². The lowest BCUT2D eigenvalue weighted by molar-refractivity contribution is -0.225. The summed E-state index contributed by atoms with van der Waals surface area (Å²) in [7, 11) is 1.21. The maximum atomic E-state index is 12.8. The van der Waals surface area contributed by atoms with Crippen molar-refractivity contribution in [3.05, 3.63) is 57.8 Å². The van der Waals surface area contributed by atoms with E-state index in [2.05, 4.69) is 15.2 Å². The van der Waals surface area contributed by atoms with Crippen LogP contribution in [0.15, 0.2) is 42.5 Å². The molecule has 1 N–H and O–H groups in total. The lowest BCUT2D eigenvalue weighted by Crippen LogP contribution is -2.47. The Kier molecular flexibility index (Phi) is 6.71. The number of nitrogens with zero attached hydrogens (tertiary/aromatic N) is 2. The van der Waals surface area contributed by atoms with Gasteiger partial charge < -0.3 is 14.5 Å². The molecule has 1 amide bonds. The molecule has 1 aliphatic heterocycles. The summed E-state index contributed by atoms with van der Waals surface area (Å²) in [6.45, 7) is -0.468. The SMILES string of the molecule is CN(CC1=[N+]C(OC(=O)C(F)(F)F)(c2ccccc2)NO1)C(=O)c1ccc(C(=O)C(F)(F)F)s1. The first-order valence-corrected chi connectivity index (χ1v) is 9.90. The number of hydrogen-bond acceptors (Lipinski definition) is 8. The topological polar surface area (TPSA) is 99.0 Å². The Bertz CT molecular complexity index is 1130. The summed E-state index contributed by atoms with van der Waals surface area (Å²) in [5, 5.41) is 0. The molecule has 1 radical (unpaired) electrons. The number of nitrogens with one attached hydrogen (secondary N) is 1. The van der Waals surface area contributed by atoms with Crippen LogP contribution >= 0.6 is 11.3 Å². The Hall–Kier alpha value is -3.46. The van der Waals surface area contributed by atoms with Gasteiger partial charge in [0.05, 0.1) is 15.3 Å². The van der Waals surface area contributed by atoms with Gasteiger partial charge in [-0.25, -0.2) is 4.79 Å². The zero-order chi connectivity index (χ0) is 25.3. The number of benzene rings is 1. The number of alkyl halides is 6. The molecule has 34 heavy (non-hydrogen) atoms. The third-order valence-corrected chi connectivity index (χ3v) is 5.32. The van der Waals surface area contributed by atoms with E-state index in [9.17, 15) is 40.7 Å². The van der Waals surface area contributed by atoms with Crippen molar-refractivity contribution >= 4 is 34.9 Å². The minimum absolute atomic E-state index is 0.0230. The molecule has 2 heterocycles. The second-order valence-corrected chi connectivity index (χ2v) is 7.84. The number of carbonyl (C=O) groups excluding carboxylic acids is 3. The van der Waals surface area contributed by atoms with Gasteiger partial charge in [-0.05, 0) is 29.7 Å². The fourth-order valence-electron chi connectivity index (χ4n) is 2.68. The average molecular weight is 509 g/mol. The fourth-order valence-corrected chi connectivity index (χ4v) is 3.64. The quantitative estimate of drug-likeness (QED) is 0.366. The van der Waals surface area contributed by atoms with Crippen molar-refractivity contribution < 1.29 is 50.3 Å². The standard InChI is InChI=1S/C19H13F6N3O5S/c1-28(15(30)12-8-7-11(34-12)14(29)17(20,21)22)9-13-26-19(27-33-13,10-5-3-2-4-6-10)32-16(31)18(23,24)25/h2-8,27H,9H2,1H3/q+1. The van der Waals surface area contributed by atoms with Crippen molar-refractivity contribution in [3.63, 3.8) is 0 Å². The molecule has 15 heteroatoms. The van der Waals surface area contributed by atoms with Crippen molar-refractivity contribution in [3.8, 4) is 0 Å². The molecule has 0 spiro atoms. The Balaban J connectivity index is 1.80. The van der Waals surface area contributed by atoms with E-state index in [1.807, 2.05) is 0 Å². The van der Waals surface area contributed by atoms with Crippen LogP contribution in [-0.4, -0.2) is 54.4 Å². The largest absolute Gasteiger partial charge is 0.497 e. The number of rotatable bonds is 6. The van der Waals surface area contributed by atoms with Gasteiger partial charge in [-0.1, -0.05) is 18.2 Å². The third-order valence-electron chi connectivity index (χ3n) is 4.24. The highest BCUT2D eigenvalue weighted by atomic mass is 32.1. The molecule has 0 bridgehead atoms. The van der Waals surface area contributed by atoms with Crippen molar-refractivity contribution in [1.82, 2.24) is 15.4 Å². The van der Waals surface area contributed by atoms with Crippen LogP contribution in [0.3, 0.4) is 0 Å². The molecule has 1 aromatic carbocycles. The van der Waals surface area contributed by atoms with Gasteiger partial charge in [0, 0.05) is 7.05 Å². The monoisotopic (exact) mass is 509 g/mol. The molecule has 1 aromatic heterocycles. The number of esters is 1. The summed E-state index contributed by atoms with van der Waals surface area (Å²) >= 11 is 0.319. The van der Waals surface area contributed by atoms with E-state index in [-0.39, 0.29) is 16.3 Å². The zero-order valence-corrected chi connectivity index (χ0v) is 17.7. The predicted molar refractivity (Wildman–Crippen MR) is 103 cm³/mol. The van der Waals surface area contributed by atoms with Crippen molar-refractivity contribution in [2.45, 2.75) is 18.2 Å². The number of halogens is 6. The fraction of sp³-hybridized carbons (Fsp3) is 0.263. The number of likely N-dealkylation sites (N-methyl/N-ethyl adjacent to an activating group) is 1. The zero-order valence-electron chi connectivity index (χ0n) is 16.9. The molecular formula is C19H13F6N3O5S+. The molecule has 1 atom stereocenters. The highest BCUT2D eigenvalue weighted by molar-refractivity contribution is 7.16. The molecule has 0 saturated carbocycles. The summed E-state index contributed by atoms with van der Waals surface area (Å²) in [5.41, 5.74) is 2.08. The van der Waals surface area contributed by atoms with Gasteiger partial charge in [-0.3, -0.25) is 9.59 Å². The third kappa shape index (κ3) is 5.36. The van der Waals surface area contributed by atoms with Gasteiger partial charge in [-0.2, -0.15) is 26.3 Å². The van der Waals surface area contributed by atoms with E-state index < -0.39 is 47.3 Å². The Labute approximate surface area is 190 Å². The minimum Gasteiger partial charge on any atom is -0.369 e. The molecule has 0 saturated heterocycles. The minimum atomic E-state index is -5.33. The summed E-state index contributed by atoms with van der Waals surface area (Å²) in [6, 6.07) is 8.94. The molecule has 8 nitrogen and oxygen atoms in total. The molecule has 0 fully saturated rings. The smallest absolute Gasteiger partial charge is 0.369 e. The van der Waals surface area contributed by atoms with Gasteiger partial charge >= 0.3 is 30.1 Å².